The molecule has 0 fully saturated rings. The van der Waals surface area contributed by atoms with Crippen LogP contribution >= 0.6 is 10.7 Å². The number of nitro groups is 1. The quantitative estimate of drug-likeness (QED) is 0.398. The van der Waals surface area contributed by atoms with E-state index in [1.165, 1.54) is 6.08 Å². The minimum Gasteiger partial charge on any atom is -0.287 e. The minimum atomic E-state index is -4.25. The number of Topliss-reactive ketones (excluding diaryl/α,β-unsaturated/α-hetero) is 1. The summed E-state index contributed by atoms with van der Waals surface area (Å²) >= 11 is 0. The smallest absolute Gasteiger partial charge is 0.287 e. The van der Waals surface area contributed by atoms with Crippen LogP contribution < -0.4 is 0 Å². The molecule has 0 aromatic carbocycles. The van der Waals surface area contributed by atoms with Crippen LogP contribution in [0.1, 0.15) is 6.42 Å². The lowest BCUT2D eigenvalue weighted by atomic mass is 10.1. The molecule has 0 unspecified atom stereocenters. The highest BCUT2D eigenvalue weighted by Crippen LogP contribution is 2.23. The van der Waals surface area contributed by atoms with Crippen LogP contribution in [-0.2, 0) is 13.8 Å². The molecule has 0 atom stereocenters. The van der Waals surface area contributed by atoms with E-state index in [0.717, 1.165) is 6.08 Å². The van der Waals surface area contributed by atoms with Crippen molar-refractivity contribution in [2.75, 3.05) is 0 Å². The molecule has 0 radical (unpaired) electrons. The van der Waals surface area contributed by atoms with Gasteiger partial charge in [-0.25, -0.2) is 8.42 Å². The number of hydrogen-bond acceptors (Lipinski definition) is 5. The Labute approximate surface area is 83.4 Å². The van der Waals surface area contributed by atoms with E-state index in [1.54, 1.807) is 0 Å². The molecule has 0 bridgehead atoms. The lowest BCUT2D eigenvalue weighted by molar-refractivity contribution is -0.419. The molecule has 1 rings (SSSR count). The monoisotopic (exact) mass is 237 g/mol. The molecule has 14 heavy (non-hydrogen) atoms. The van der Waals surface area contributed by atoms with Crippen LogP contribution in [0.5, 0.6) is 0 Å². The molecule has 0 saturated carbocycles. The summed E-state index contributed by atoms with van der Waals surface area (Å²) in [6.45, 7) is 0. The molecule has 0 amide bonds. The lowest BCUT2D eigenvalue weighted by Gasteiger charge is -2.04. The van der Waals surface area contributed by atoms with Crippen molar-refractivity contribution < 1.29 is 18.1 Å². The third-order valence-electron chi connectivity index (χ3n) is 1.52. The highest BCUT2D eigenvalue weighted by Gasteiger charge is 2.34. The first-order valence-corrected chi connectivity index (χ1v) is 5.68. The average molecular weight is 238 g/mol. The van der Waals surface area contributed by atoms with Crippen molar-refractivity contribution in [3.63, 3.8) is 0 Å². The Morgan fingerprint density at radius 2 is 2.07 bits per heavy atom. The van der Waals surface area contributed by atoms with E-state index in [9.17, 15) is 23.3 Å². The van der Waals surface area contributed by atoms with E-state index >= 15 is 0 Å². The molecular formula is C6H4ClNO5S. The minimum absolute atomic E-state index is 0.188. The largest absolute Gasteiger partial charge is 0.332 e. The second-order valence-electron chi connectivity index (χ2n) is 2.44. The Kier molecular flexibility index (Phi) is 2.72. The van der Waals surface area contributed by atoms with Crippen molar-refractivity contribution in [2.24, 2.45) is 0 Å². The fourth-order valence-corrected chi connectivity index (χ4v) is 2.03. The van der Waals surface area contributed by atoms with Gasteiger partial charge in [0.1, 0.15) is 0 Å². The summed E-state index contributed by atoms with van der Waals surface area (Å²) < 4.78 is 21.7. The van der Waals surface area contributed by atoms with Gasteiger partial charge in [-0.1, -0.05) is 6.08 Å². The zero-order chi connectivity index (χ0) is 10.9. The average Bonchev–Trinajstić information content (AvgIpc) is 2.01. The molecule has 0 aromatic rings. The van der Waals surface area contributed by atoms with Gasteiger partial charge in [0.25, 0.3) is 9.05 Å². The standard InChI is InChI=1S/C6H4ClNO5S/c7-14(12,13)5-3-1-2-4(9)6(5)8(10)11/h1,3H,2H2. The van der Waals surface area contributed by atoms with Gasteiger partial charge in [-0.15, -0.1) is 0 Å². The Balaban J connectivity index is 3.47. The van der Waals surface area contributed by atoms with Crippen LogP contribution in [0, 0.1) is 10.1 Å². The van der Waals surface area contributed by atoms with Crippen LogP contribution in [0.3, 0.4) is 0 Å². The third-order valence-corrected chi connectivity index (χ3v) is 2.87. The van der Waals surface area contributed by atoms with Crippen LogP contribution in [0.25, 0.3) is 0 Å². The highest BCUT2D eigenvalue weighted by atomic mass is 35.7. The molecule has 8 heteroatoms. The zero-order valence-corrected chi connectivity index (χ0v) is 8.21. The van der Waals surface area contributed by atoms with Crippen molar-refractivity contribution in [3.05, 3.63) is 32.9 Å². The van der Waals surface area contributed by atoms with Crippen molar-refractivity contribution in [3.8, 4) is 0 Å². The Hall–Kier alpha value is -1.21. The van der Waals surface area contributed by atoms with E-state index in [0.29, 0.717) is 0 Å². The molecule has 76 valence electrons. The van der Waals surface area contributed by atoms with Gasteiger partial charge < -0.3 is 0 Å². The van der Waals surface area contributed by atoms with E-state index in [1.807, 2.05) is 0 Å². The van der Waals surface area contributed by atoms with Crippen LogP contribution in [0.2, 0.25) is 0 Å². The maximum absolute atomic E-state index is 11.0. The number of halogens is 1. The van der Waals surface area contributed by atoms with Gasteiger partial charge in [0.15, 0.2) is 4.91 Å². The zero-order valence-electron chi connectivity index (χ0n) is 6.64. The second kappa shape index (κ2) is 3.50. The van der Waals surface area contributed by atoms with Crippen LogP contribution in [0.4, 0.5) is 0 Å². The van der Waals surface area contributed by atoms with Gasteiger partial charge in [-0.3, -0.25) is 14.9 Å². The summed E-state index contributed by atoms with van der Waals surface area (Å²) in [5, 5.41) is 10.4. The number of nitrogens with zero attached hydrogens (tertiary/aromatic N) is 1. The SMILES string of the molecule is O=C1CC=CC(S(=O)(=O)Cl)=C1[N+](=O)[O-]. The van der Waals surface area contributed by atoms with Crippen molar-refractivity contribution in [2.45, 2.75) is 6.42 Å². The predicted octanol–water partition coefficient (Wildman–Crippen LogP) is 0.572. The number of carbonyl (C=O) groups excluding carboxylic acids is 1. The lowest BCUT2D eigenvalue weighted by Crippen LogP contribution is -2.18. The van der Waals surface area contributed by atoms with Gasteiger partial charge >= 0.3 is 5.70 Å². The second-order valence-corrected chi connectivity index (χ2v) is 4.97. The van der Waals surface area contributed by atoms with Gasteiger partial charge in [-0.05, 0) is 6.08 Å². The molecule has 0 N–H and O–H groups in total. The first-order valence-electron chi connectivity index (χ1n) is 3.37. The Morgan fingerprint density at radius 1 is 1.50 bits per heavy atom. The van der Waals surface area contributed by atoms with Gasteiger partial charge in [0.05, 0.1) is 4.92 Å². The normalized spacial score (nSPS) is 17.4. The summed E-state index contributed by atoms with van der Waals surface area (Å²) in [6.07, 6.45) is 1.98. The number of ketones is 1. The van der Waals surface area contributed by atoms with Crippen LogP contribution in [0.15, 0.2) is 22.8 Å². The van der Waals surface area contributed by atoms with Crippen molar-refractivity contribution >= 4 is 25.5 Å². The fraction of sp³-hybridized carbons (Fsp3) is 0.167. The van der Waals surface area contributed by atoms with Crippen molar-refractivity contribution in [1.29, 1.82) is 0 Å². The molecule has 1 aliphatic carbocycles. The Bertz CT molecular complexity index is 461. The first kappa shape index (κ1) is 10.9. The van der Waals surface area contributed by atoms with E-state index in [-0.39, 0.29) is 6.42 Å². The number of hydrogen-bond donors (Lipinski definition) is 0. The molecule has 6 nitrogen and oxygen atoms in total. The summed E-state index contributed by atoms with van der Waals surface area (Å²) in [5.41, 5.74) is -0.970. The molecule has 0 aromatic heterocycles. The van der Waals surface area contributed by atoms with E-state index in [2.05, 4.69) is 0 Å². The topological polar surface area (TPSA) is 94.3 Å². The molecule has 0 heterocycles. The molecule has 0 aliphatic heterocycles. The predicted molar refractivity (Wildman–Crippen MR) is 47.6 cm³/mol. The first-order chi connectivity index (χ1) is 6.34. The van der Waals surface area contributed by atoms with E-state index in [4.69, 9.17) is 10.7 Å². The Morgan fingerprint density at radius 3 is 2.43 bits per heavy atom. The molecule has 0 spiro atoms. The maximum Gasteiger partial charge on any atom is 0.332 e. The van der Waals surface area contributed by atoms with Crippen molar-refractivity contribution in [1.82, 2.24) is 0 Å². The number of rotatable bonds is 2. The molecule has 1 aliphatic rings. The van der Waals surface area contributed by atoms with E-state index < -0.39 is 30.4 Å². The fourth-order valence-electron chi connectivity index (χ4n) is 0.975. The molecule has 0 saturated heterocycles. The third kappa shape index (κ3) is 1.99. The highest BCUT2D eigenvalue weighted by molar-refractivity contribution is 8.17. The van der Waals surface area contributed by atoms with Gasteiger partial charge in [0, 0.05) is 17.1 Å². The number of allylic oxidation sites excluding steroid dienone is 3. The molecular weight excluding hydrogens is 234 g/mol. The number of carbonyl (C=O) groups is 1. The maximum atomic E-state index is 11.0. The van der Waals surface area contributed by atoms with Crippen LogP contribution in [-0.4, -0.2) is 19.1 Å². The summed E-state index contributed by atoms with van der Waals surface area (Å²) in [7, 11) is 0.672. The summed E-state index contributed by atoms with van der Waals surface area (Å²) in [4.78, 5) is 19.6. The summed E-state index contributed by atoms with van der Waals surface area (Å²) in [5.74, 6) is -0.864. The van der Waals surface area contributed by atoms with Gasteiger partial charge in [-0.2, -0.15) is 0 Å². The summed E-state index contributed by atoms with van der Waals surface area (Å²) in [6, 6.07) is 0. The van der Waals surface area contributed by atoms with Gasteiger partial charge in [0.2, 0.25) is 5.78 Å².